The predicted molar refractivity (Wildman–Crippen MR) is 76.8 cm³/mol. The highest BCUT2D eigenvalue weighted by atomic mass is 32.2. The molecule has 1 fully saturated rings. The van der Waals surface area contributed by atoms with Crippen LogP contribution in [-0.4, -0.2) is 71.0 Å². The van der Waals surface area contributed by atoms with E-state index in [2.05, 4.69) is 28.8 Å². The van der Waals surface area contributed by atoms with Gasteiger partial charge in [0.2, 0.25) is 10.0 Å². The number of hydrogen-bond donors (Lipinski definition) is 2. The van der Waals surface area contributed by atoms with E-state index in [-0.39, 0.29) is 11.9 Å². The summed E-state index contributed by atoms with van der Waals surface area (Å²) in [5.41, 5.74) is 0. The maximum atomic E-state index is 11.8. The van der Waals surface area contributed by atoms with Gasteiger partial charge in [0.15, 0.2) is 0 Å². The van der Waals surface area contributed by atoms with Crippen molar-refractivity contribution in [2.75, 3.05) is 51.6 Å². The molecule has 1 saturated heterocycles. The molecule has 0 bridgehead atoms. The molecule has 0 aromatic rings. The largest absolute Gasteiger partial charge is 0.374 e. The lowest BCUT2D eigenvalue weighted by Crippen LogP contribution is -2.47. The summed E-state index contributed by atoms with van der Waals surface area (Å²) in [5.74, 6) is 0.122. The van der Waals surface area contributed by atoms with Crippen molar-refractivity contribution in [3.8, 4) is 0 Å². The van der Waals surface area contributed by atoms with Crippen molar-refractivity contribution in [3.05, 3.63) is 0 Å². The number of hydrogen-bond acceptors (Lipinski definition) is 5. The quantitative estimate of drug-likeness (QED) is 0.568. The molecule has 0 amide bonds. The van der Waals surface area contributed by atoms with Gasteiger partial charge in [0.05, 0.1) is 18.5 Å². The predicted octanol–water partition coefficient (Wildman–Crippen LogP) is -0.374. The van der Waals surface area contributed by atoms with Gasteiger partial charge in [-0.2, -0.15) is 0 Å². The SMILES string of the molecule is CCCNCCS(=O)(=O)NCC1CN(CC)CCO1. The number of sulfonamides is 1. The molecule has 0 aliphatic carbocycles. The molecule has 19 heavy (non-hydrogen) atoms. The van der Waals surface area contributed by atoms with Gasteiger partial charge in [-0.3, -0.25) is 4.90 Å². The van der Waals surface area contributed by atoms with Crippen LogP contribution in [0, 0.1) is 0 Å². The Balaban J connectivity index is 2.22. The van der Waals surface area contributed by atoms with Crippen LogP contribution in [0.4, 0.5) is 0 Å². The Morgan fingerprint density at radius 2 is 2.11 bits per heavy atom. The van der Waals surface area contributed by atoms with E-state index >= 15 is 0 Å². The Bertz CT molecular complexity index is 335. The second kappa shape index (κ2) is 8.86. The minimum atomic E-state index is -3.20. The smallest absolute Gasteiger partial charge is 0.212 e. The molecule has 1 rings (SSSR count). The van der Waals surface area contributed by atoms with Crippen molar-refractivity contribution in [3.63, 3.8) is 0 Å². The van der Waals surface area contributed by atoms with Gasteiger partial charge in [-0.05, 0) is 19.5 Å². The molecule has 0 saturated carbocycles. The van der Waals surface area contributed by atoms with E-state index in [1.54, 1.807) is 0 Å². The molecule has 1 heterocycles. The first kappa shape index (κ1) is 16.8. The molecule has 0 aromatic heterocycles. The Hall–Kier alpha value is -0.210. The van der Waals surface area contributed by atoms with E-state index in [1.807, 2.05) is 0 Å². The first-order valence-corrected chi connectivity index (χ1v) is 8.74. The zero-order valence-corrected chi connectivity index (χ0v) is 12.8. The van der Waals surface area contributed by atoms with Crippen LogP contribution in [0.1, 0.15) is 20.3 Å². The van der Waals surface area contributed by atoms with Crippen molar-refractivity contribution in [1.29, 1.82) is 0 Å². The van der Waals surface area contributed by atoms with Crippen LogP contribution in [0.15, 0.2) is 0 Å². The summed E-state index contributed by atoms with van der Waals surface area (Å²) >= 11 is 0. The van der Waals surface area contributed by atoms with Crippen LogP contribution in [0.2, 0.25) is 0 Å². The molecule has 1 aliphatic heterocycles. The summed E-state index contributed by atoms with van der Waals surface area (Å²) in [4.78, 5) is 2.27. The van der Waals surface area contributed by atoms with Crippen molar-refractivity contribution >= 4 is 10.0 Å². The zero-order chi connectivity index (χ0) is 14.1. The van der Waals surface area contributed by atoms with Crippen LogP contribution in [0.25, 0.3) is 0 Å². The molecule has 1 aliphatic rings. The van der Waals surface area contributed by atoms with Gasteiger partial charge >= 0.3 is 0 Å². The number of likely N-dealkylation sites (N-methyl/N-ethyl adjacent to an activating group) is 1. The summed E-state index contributed by atoms with van der Waals surface area (Å²) in [6, 6.07) is 0. The number of nitrogens with one attached hydrogen (secondary N) is 2. The first-order chi connectivity index (χ1) is 9.07. The lowest BCUT2D eigenvalue weighted by molar-refractivity contribution is -0.0229. The van der Waals surface area contributed by atoms with Gasteiger partial charge in [-0.1, -0.05) is 13.8 Å². The number of rotatable bonds is 9. The Kier molecular flexibility index (Phi) is 7.86. The first-order valence-electron chi connectivity index (χ1n) is 7.09. The van der Waals surface area contributed by atoms with Crippen LogP contribution < -0.4 is 10.0 Å². The van der Waals surface area contributed by atoms with Crippen LogP contribution in [0.3, 0.4) is 0 Å². The summed E-state index contributed by atoms with van der Waals surface area (Å²) in [5, 5.41) is 3.09. The number of morpholine rings is 1. The molecular formula is C12H27N3O3S. The van der Waals surface area contributed by atoms with Crippen molar-refractivity contribution in [2.24, 2.45) is 0 Å². The maximum Gasteiger partial charge on any atom is 0.212 e. The third-order valence-electron chi connectivity index (χ3n) is 3.18. The molecule has 6 nitrogen and oxygen atoms in total. The normalized spacial score (nSPS) is 21.7. The summed E-state index contributed by atoms with van der Waals surface area (Å²) in [6.45, 7) is 9.26. The molecule has 1 unspecified atom stereocenters. The summed E-state index contributed by atoms with van der Waals surface area (Å²) < 4.78 is 31.7. The van der Waals surface area contributed by atoms with Crippen molar-refractivity contribution in [1.82, 2.24) is 14.9 Å². The highest BCUT2D eigenvalue weighted by Crippen LogP contribution is 2.04. The van der Waals surface area contributed by atoms with Crippen molar-refractivity contribution < 1.29 is 13.2 Å². The van der Waals surface area contributed by atoms with Gasteiger partial charge in [-0.25, -0.2) is 13.1 Å². The van der Waals surface area contributed by atoms with E-state index in [0.29, 0.717) is 19.7 Å². The molecule has 0 spiro atoms. The van der Waals surface area contributed by atoms with E-state index in [0.717, 1.165) is 32.6 Å². The van der Waals surface area contributed by atoms with Crippen LogP contribution in [-0.2, 0) is 14.8 Å². The lowest BCUT2D eigenvalue weighted by atomic mass is 10.3. The fourth-order valence-corrected chi connectivity index (χ4v) is 2.99. The van der Waals surface area contributed by atoms with E-state index < -0.39 is 10.0 Å². The third-order valence-corrected chi connectivity index (χ3v) is 4.52. The number of nitrogens with zero attached hydrogens (tertiary/aromatic N) is 1. The third kappa shape index (κ3) is 7.22. The van der Waals surface area contributed by atoms with Crippen LogP contribution in [0.5, 0.6) is 0 Å². The minimum Gasteiger partial charge on any atom is -0.374 e. The monoisotopic (exact) mass is 293 g/mol. The minimum absolute atomic E-state index is 0.0351. The fourth-order valence-electron chi connectivity index (χ4n) is 1.99. The van der Waals surface area contributed by atoms with Gasteiger partial charge < -0.3 is 10.1 Å². The second-order valence-corrected chi connectivity index (χ2v) is 6.73. The zero-order valence-electron chi connectivity index (χ0n) is 12.0. The Morgan fingerprint density at radius 3 is 2.79 bits per heavy atom. The fraction of sp³-hybridized carbons (Fsp3) is 1.00. The summed E-state index contributed by atoms with van der Waals surface area (Å²) in [7, 11) is -3.20. The highest BCUT2D eigenvalue weighted by Gasteiger charge is 2.21. The molecule has 1 atom stereocenters. The second-order valence-electron chi connectivity index (χ2n) is 4.80. The van der Waals surface area contributed by atoms with Gasteiger partial charge in [0.1, 0.15) is 0 Å². The molecule has 114 valence electrons. The molecule has 0 radical (unpaired) electrons. The molecular weight excluding hydrogens is 266 g/mol. The Labute approximate surface area is 116 Å². The standard InChI is InChI=1S/C12H27N3O3S/c1-3-5-13-6-9-19(16,17)14-10-12-11-15(4-2)7-8-18-12/h12-14H,3-11H2,1-2H3. The average molecular weight is 293 g/mol. The van der Waals surface area contributed by atoms with E-state index in [9.17, 15) is 8.42 Å². The lowest BCUT2D eigenvalue weighted by Gasteiger charge is -2.32. The van der Waals surface area contributed by atoms with Gasteiger partial charge in [0.25, 0.3) is 0 Å². The summed E-state index contributed by atoms with van der Waals surface area (Å²) in [6.07, 6.45) is 0.975. The molecule has 0 aromatic carbocycles. The Morgan fingerprint density at radius 1 is 1.32 bits per heavy atom. The van der Waals surface area contributed by atoms with E-state index in [1.165, 1.54) is 0 Å². The van der Waals surface area contributed by atoms with Crippen LogP contribution >= 0.6 is 0 Å². The van der Waals surface area contributed by atoms with Crippen molar-refractivity contribution in [2.45, 2.75) is 26.4 Å². The van der Waals surface area contributed by atoms with Gasteiger partial charge in [-0.15, -0.1) is 0 Å². The molecule has 7 heteroatoms. The average Bonchev–Trinajstić information content (AvgIpc) is 2.42. The maximum absolute atomic E-state index is 11.8. The topological polar surface area (TPSA) is 70.7 Å². The van der Waals surface area contributed by atoms with Gasteiger partial charge in [0, 0.05) is 26.2 Å². The molecule has 2 N–H and O–H groups in total. The van der Waals surface area contributed by atoms with E-state index in [4.69, 9.17) is 4.74 Å². The number of ether oxygens (including phenoxy) is 1. The highest BCUT2D eigenvalue weighted by molar-refractivity contribution is 7.89.